The Morgan fingerprint density at radius 2 is 1.79 bits per heavy atom. The van der Waals surface area contributed by atoms with Crippen LogP contribution in [0.15, 0.2) is 60.7 Å². The molecule has 0 saturated carbocycles. The first-order valence-corrected chi connectivity index (χ1v) is 12.8. The van der Waals surface area contributed by atoms with E-state index in [1.54, 1.807) is 55.5 Å². The molecule has 9 heteroatoms. The average molecular weight is 526 g/mol. The summed E-state index contributed by atoms with van der Waals surface area (Å²) in [6.07, 6.45) is -0.383. The highest BCUT2D eigenvalue weighted by Crippen LogP contribution is 2.62. The van der Waals surface area contributed by atoms with E-state index in [4.69, 9.17) is 16.0 Å². The lowest BCUT2D eigenvalue weighted by atomic mass is 9.66. The molecule has 3 fully saturated rings. The second kappa shape index (κ2) is 8.90. The lowest BCUT2D eigenvalue weighted by Crippen LogP contribution is -2.49. The molecule has 3 aliphatic heterocycles. The van der Waals surface area contributed by atoms with Crippen LogP contribution in [0.5, 0.6) is 5.75 Å². The summed E-state index contributed by atoms with van der Waals surface area (Å²) in [7, 11) is 0. The maximum absolute atomic E-state index is 14.0. The Labute approximate surface area is 225 Å². The van der Waals surface area contributed by atoms with Gasteiger partial charge in [0.05, 0.1) is 42.4 Å². The Hall–Kier alpha value is -4.26. The summed E-state index contributed by atoms with van der Waals surface area (Å²) in [5.41, 5.74) is -0.720. The first-order valence-electron chi connectivity index (χ1n) is 12.8. The van der Waals surface area contributed by atoms with Crippen LogP contribution in [0.1, 0.15) is 26.7 Å². The molecule has 0 aliphatic carbocycles. The van der Waals surface area contributed by atoms with Crippen molar-refractivity contribution < 1.29 is 29.0 Å². The van der Waals surface area contributed by atoms with Crippen molar-refractivity contribution in [3.63, 3.8) is 0 Å². The van der Waals surface area contributed by atoms with Crippen molar-refractivity contribution in [1.82, 2.24) is 0 Å². The van der Waals surface area contributed by atoms with Gasteiger partial charge in [0.25, 0.3) is 0 Å². The molecule has 6 rings (SSSR count). The summed E-state index contributed by atoms with van der Waals surface area (Å²) in [5.74, 6) is -1.94. The summed E-state index contributed by atoms with van der Waals surface area (Å²) >= 11 is 0. The maximum atomic E-state index is 14.0. The van der Waals surface area contributed by atoms with E-state index in [2.05, 4.69) is 10.2 Å². The fraction of sp³-hybridized carbons (Fsp3) is 0.333. The van der Waals surface area contributed by atoms with Gasteiger partial charge in [0.2, 0.25) is 17.7 Å². The lowest BCUT2D eigenvalue weighted by Gasteiger charge is -2.33. The van der Waals surface area contributed by atoms with Crippen LogP contribution in [0.2, 0.25) is 0 Å². The fourth-order valence-electron chi connectivity index (χ4n) is 6.60. The molecule has 3 aliphatic rings. The minimum Gasteiger partial charge on any atom is -0.493 e. The highest BCUT2D eigenvalue weighted by atomic mass is 16.6. The highest BCUT2D eigenvalue weighted by molar-refractivity contribution is 6.26. The number of amides is 3. The van der Waals surface area contributed by atoms with Crippen LogP contribution in [0.3, 0.4) is 0 Å². The van der Waals surface area contributed by atoms with Crippen LogP contribution in [-0.2, 0) is 19.1 Å². The number of aliphatic hydroxyl groups is 1. The third-order valence-electron chi connectivity index (χ3n) is 8.32. The van der Waals surface area contributed by atoms with Gasteiger partial charge in [-0.2, -0.15) is 0 Å². The van der Waals surface area contributed by atoms with Crippen LogP contribution < -0.4 is 15.0 Å². The molecule has 9 nitrogen and oxygen atoms in total. The van der Waals surface area contributed by atoms with Crippen molar-refractivity contribution in [2.24, 2.45) is 11.8 Å². The summed E-state index contributed by atoms with van der Waals surface area (Å²) in [6.45, 7) is 10.8. The second-order valence-corrected chi connectivity index (χ2v) is 10.6. The Kier molecular flexibility index (Phi) is 5.72. The van der Waals surface area contributed by atoms with Crippen molar-refractivity contribution in [2.45, 2.75) is 44.0 Å². The van der Waals surface area contributed by atoms with Crippen LogP contribution in [0.25, 0.3) is 15.6 Å². The predicted molar refractivity (Wildman–Crippen MR) is 143 cm³/mol. The molecule has 2 bridgehead atoms. The van der Waals surface area contributed by atoms with E-state index in [-0.39, 0.29) is 24.8 Å². The summed E-state index contributed by atoms with van der Waals surface area (Å²) < 4.78 is 12.3. The van der Waals surface area contributed by atoms with Gasteiger partial charge in [-0.3, -0.25) is 14.4 Å². The van der Waals surface area contributed by atoms with E-state index in [0.717, 1.165) is 0 Å². The minimum atomic E-state index is -1.20. The van der Waals surface area contributed by atoms with E-state index in [0.29, 0.717) is 40.0 Å². The van der Waals surface area contributed by atoms with Crippen molar-refractivity contribution in [2.75, 3.05) is 16.8 Å². The van der Waals surface area contributed by atoms with Crippen molar-refractivity contribution in [3.8, 4) is 5.75 Å². The van der Waals surface area contributed by atoms with Crippen LogP contribution >= 0.6 is 0 Å². The maximum Gasteiger partial charge on any atom is 0.240 e. The molecule has 198 valence electrons. The second-order valence-electron chi connectivity index (χ2n) is 10.6. The first-order chi connectivity index (χ1) is 18.7. The van der Waals surface area contributed by atoms with E-state index in [1.165, 1.54) is 11.8 Å². The third-order valence-corrected chi connectivity index (χ3v) is 8.32. The molecule has 2 N–H and O–H groups in total. The van der Waals surface area contributed by atoms with Gasteiger partial charge in [0.1, 0.15) is 11.4 Å². The van der Waals surface area contributed by atoms with Crippen LogP contribution in [0.4, 0.5) is 17.1 Å². The summed E-state index contributed by atoms with van der Waals surface area (Å²) in [6, 6.07) is 17.4. The molecule has 3 amide bonds. The number of carbonyl (C=O) groups is 3. The van der Waals surface area contributed by atoms with Gasteiger partial charge in [-0.05, 0) is 48.0 Å². The Morgan fingerprint density at radius 1 is 1.10 bits per heavy atom. The Bertz CT molecular complexity index is 1560. The minimum absolute atomic E-state index is 0.168. The Balaban J connectivity index is 1.29. The standard InChI is InChI=1S/C30H27N3O6/c1-17(34)32-18-8-10-19(11-9-18)38-15-14-30-16-24(35)29(2,39-30)25-26(30)28(37)33(27(25)36)23-13-12-22(31-3)20-6-4-5-7-21(20)23/h4-13,24-26,35H,14-16H2,1-2H3,(H,32,34)/t24-,25-,26+,29?,30?/m1/s1. The third kappa shape index (κ3) is 3.71. The number of imide groups is 1. The van der Waals surface area contributed by atoms with Crippen LogP contribution in [0, 0.1) is 18.4 Å². The van der Waals surface area contributed by atoms with Gasteiger partial charge in [-0.1, -0.05) is 30.3 Å². The zero-order valence-electron chi connectivity index (χ0n) is 21.5. The zero-order chi connectivity index (χ0) is 27.5. The largest absolute Gasteiger partial charge is 0.493 e. The van der Waals surface area contributed by atoms with E-state index in [9.17, 15) is 19.5 Å². The predicted octanol–water partition coefficient (Wildman–Crippen LogP) is 4.22. The first kappa shape index (κ1) is 25.0. The number of anilines is 2. The molecule has 5 atom stereocenters. The molecule has 0 radical (unpaired) electrons. The normalized spacial score (nSPS) is 29.0. The number of nitrogens with zero attached hydrogens (tertiary/aromatic N) is 2. The molecular formula is C30H27N3O6. The molecule has 0 aromatic heterocycles. The SMILES string of the molecule is [C-]#[N+]c1ccc(N2C(=O)[C@@H]3[C@H](C2=O)C2(C)OC3(CCOc3ccc(NC(C)=O)cc3)C[C@H]2O)c2ccccc12. The smallest absolute Gasteiger partial charge is 0.240 e. The topological polar surface area (TPSA) is 110 Å². The van der Waals surface area contributed by atoms with Gasteiger partial charge < -0.3 is 19.9 Å². The van der Waals surface area contributed by atoms with E-state index in [1.807, 2.05) is 12.1 Å². The van der Waals surface area contributed by atoms with Crippen molar-refractivity contribution in [1.29, 1.82) is 0 Å². The number of ether oxygens (including phenoxy) is 2. The summed E-state index contributed by atoms with van der Waals surface area (Å²) in [4.78, 5) is 43.9. The lowest BCUT2D eigenvalue weighted by molar-refractivity contribution is -0.134. The van der Waals surface area contributed by atoms with Gasteiger partial charge >= 0.3 is 0 Å². The number of fused-ring (bicyclic) bond motifs is 6. The van der Waals surface area contributed by atoms with Gasteiger partial charge in [-0.25, -0.2) is 9.74 Å². The Morgan fingerprint density at radius 3 is 2.49 bits per heavy atom. The van der Waals surface area contributed by atoms with E-state index >= 15 is 0 Å². The number of hydrogen-bond donors (Lipinski definition) is 2. The molecule has 2 unspecified atom stereocenters. The molecule has 3 saturated heterocycles. The number of carbonyl (C=O) groups excluding carboxylic acids is 3. The van der Waals surface area contributed by atoms with Crippen molar-refractivity contribution >= 4 is 45.6 Å². The molecular weight excluding hydrogens is 498 g/mol. The van der Waals surface area contributed by atoms with Gasteiger partial charge in [0, 0.05) is 25.5 Å². The number of rotatable bonds is 6. The monoisotopic (exact) mass is 525 g/mol. The number of aliphatic hydroxyl groups excluding tert-OH is 1. The van der Waals surface area contributed by atoms with E-state index < -0.39 is 35.0 Å². The number of nitrogens with one attached hydrogen (secondary N) is 1. The summed E-state index contributed by atoms with van der Waals surface area (Å²) in [5, 5.41) is 15.0. The fourth-order valence-corrected chi connectivity index (χ4v) is 6.60. The zero-order valence-corrected chi connectivity index (χ0v) is 21.5. The number of benzene rings is 3. The molecule has 0 spiro atoms. The van der Waals surface area contributed by atoms with Crippen LogP contribution in [-0.4, -0.2) is 46.7 Å². The quantitative estimate of drug-likeness (QED) is 0.369. The van der Waals surface area contributed by atoms with Gasteiger partial charge in [-0.15, -0.1) is 0 Å². The van der Waals surface area contributed by atoms with Crippen molar-refractivity contribution in [3.05, 3.63) is 72.1 Å². The molecule has 3 aromatic rings. The molecule has 39 heavy (non-hydrogen) atoms. The number of hydrogen-bond acceptors (Lipinski definition) is 6. The average Bonchev–Trinajstić information content (AvgIpc) is 3.45. The molecule has 3 heterocycles. The molecule has 3 aromatic carbocycles. The van der Waals surface area contributed by atoms with Gasteiger partial charge in [0.15, 0.2) is 5.69 Å². The highest BCUT2D eigenvalue weighted by Gasteiger charge is 2.77.